The molecule has 5 aliphatic rings. The summed E-state index contributed by atoms with van der Waals surface area (Å²) in [5.74, 6) is 1.44. The molecule has 4 aliphatic heterocycles. The van der Waals surface area contributed by atoms with E-state index in [1.165, 1.54) is 63.8 Å². The zero-order valence-electron chi connectivity index (χ0n) is 37.1. The van der Waals surface area contributed by atoms with Gasteiger partial charge in [-0.1, -0.05) is 24.3 Å². The predicted octanol–water partition coefficient (Wildman–Crippen LogP) is 7.65. The summed E-state index contributed by atoms with van der Waals surface area (Å²) in [4.78, 5) is 0. The number of nitrogens with one attached hydrogen (secondary N) is 4. The number of hydrogen-bond donors (Lipinski definition) is 8. The lowest BCUT2D eigenvalue weighted by molar-refractivity contribution is 0.147. The Bertz CT molecular complexity index is 1820. The molecule has 4 aromatic rings. The van der Waals surface area contributed by atoms with Crippen LogP contribution in [0.15, 0.2) is 72.8 Å². The Labute approximate surface area is 426 Å². The summed E-state index contributed by atoms with van der Waals surface area (Å²) in [6, 6.07) is 25.1. The van der Waals surface area contributed by atoms with Gasteiger partial charge in [0.15, 0.2) is 0 Å². The maximum atomic E-state index is 10.3. The largest absolute Gasteiger partial charge is 0.508 e. The van der Waals surface area contributed by atoms with Crippen LogP contribution in [0.3, 0.4) is 0 Å². The van der Waals surface area contributed by atoms with Crippen molar-refractivity contribution in [2.24, 2.45) is 10.8 Å². The van der Waals surface area contributed by atoms with Crippen molar-refractivity contribution in [1.29, 1.82) is 0 Å². The van der Waals surface area contributed by atoms with E-state index < -0.39 is 0 Å². The van der Waals surface area contributed by atoms with Crippen LogP contribution in [0.1, 0.15) is 139 Å². The number of rotatable bonds is 12. The molecule has 0 amide bonds. The molecular weight excluding hydrogens is 1090 g/mol. The van der Waals surface area contributed by atoms with Gasteiger partial charge in [0.25, 0.3) is 0 Å². The van der Waals surface area contributed by atoms with Crippen molar-refractivity contribution in [3.8, 4) is 23.0 Å². The SMILES string of the molecule is Br.Br.Br.Br.O.O.O.O.Oc1ccc2c(c1)CCNC2CCC1(CCC2NCCc3cc(O)ccc32)CCC(CCC2NCCc3cc(O)ccc32)(CCC2NCCc3cc(O)ccc32)C1. The smallest absolute Gasteiger partial charge is 0.115 e. The molecule has 0 bridgehead atoms. The number of benzene rings is 4. The van der Waals surface area contributed by atoms with Crippen LogP contribution in [-0.2, 0) is 25.7 Å². The highest BCUT2D eigenvalue weighted by molar-refractivity contribution is 8.93. The van der Waals surface area contributed by atoms with Gasteiger partial charge in [-0.25, -0.2) is 0 Å². The molecule has 12 nitrogen and oxygen atoms in total. The van der Waals surface area contributed by atoms with E-state index in [0.29, 0.717) is 23.0 Å². The predicted molar refractivity (Wildman–Crippen MR) is 282 cm³/mol. The van der Waals surface area contributed by atoms with Gasteiger partial charge >= 0.3 is 0 Å². The van der Waals surface area contributed by atoms with Gasteiger partial charge < -0.3 is 63.6 Å². The minimum absolute atomic E-state index is 0. The molecule has 1 saturated carbocycles. The van der Waals surface area contributed by atoms with Crippen molar-refractivity contribution in [3.63, 3.8) is 0 Å². The fourth-order valence-electron chi connectivity index (χ4n) is 12.0. The molecule has 1 aliphatic carbocycles. The lowest BCUT2D eigenvalue weighted by atomic mass is 9.68. The molecular formula is C49H74Br4N4O8. The molecule has 9 rings (SSSR count). The average Bonchev–Trinajstić information content (AvgIpc) is 3.58. The Morgan fingerprint density at radius 3 is 0.846 bits per heavy atom. The number of phenols is 4. The molecule has 16 heteroatoms. The third-order valence-corrected chi connectivity index (χ3v) is 14.9. The second-order valence-electron chi connectivity index (χ2n) is 18.4. The van der Waals surface area contributed by atoms with Crippen molar-refractivity contribution in [2.75, 3.05) is 26.2 Å². The standard InChI is InChI=1S/C49H62N4O4.4BrH.4H2O/c54-36-1-5-40-32(27-36)13-23-50-44(40)9-17-48(18-10-45-41-6-2-37(55)28-33(41)14-24-51-45)21-22-49(31-48,19-11-46-42-7-3-38(56)29-34(42)15-25-52-46)20-12-47-43-8-4-39(57)30-35(43)16-26-53-47;;;;;;;;/h1-8,27-30,44-47,50-57H,9-26,31H2;4*1H;4*1H2. The minimum Gasteiger partial charge on any atom is -0.508 e. The van der Waals surface area contributed by atoms with Crippen molar-refractivity contribution in [2.45, 2.75) is 120 Å². The quantitative estimate of drug-likeness (QED) is 0.0698. The number of phenolic OH excluding ortho intramolecular Hbond substituents is 4. The van der Waals surface area contributed by atoms with Crippen LogP contribution in [0.5, 0.6) is 23.0 Å². The highest BCUT2D eigenvalue weighted by Crippen LogP contribution is 2.60. The van der Waals surface area contributed by atoms with Crippen LogP contribution in [0, 0.1) is 10.8 Å². The van der Waals surface area contributed by atoms with E-state index in [4.69, 9.17) is 0 Å². The zero-order chi connectivity index (χ0) is 39.0. The number of hydrogen-bond acceptors (Lipinski definition) is 8. The van der Waals surface area contributed by atoms with Gasteiger partial charge in [-0.2, -0.15) is 0 Å². The molecule has 0 radical (unpaired) electrons. The monoisotopic (exact) mass is 1160 g/mol. The number of halogens is 4. The van der Waals surface area contributed by atoms with Gasteiger partial charge in [0.2, 0.25) is 0 Å². The summed E-state index contributed by atoms with van der Waals surface area (Å²) in [6.07, 6.45) is 16.4. The van der Waals surface area contributed by atoms with Crippen molar-refractivity contribution < 1.29 is 42.3 Å². The van der Waals surface area contributed by atoms with Crippen LogP contribution in [0.2, 0.25) is 0 Å². The maximum Gasteiger partial charge on any atom is 0.115 e. The molecule has 0 spiro atoms. The molecule has 4 aromatic carbocycles. The van der Waals surface area contributed by atoms with E-state index >= 15 is 0 Å². The first-order valence-electron chi connectivity index (χ1n) is 21.9. The average molecular weight is 1170 g/mol. The van der Waals surface area contributed by atoms with Crippen molar-refractivity contribution in [3.05, 3.63) is 117 Å². The fourth-order valence-corrected chi connectivity index (χ4v) is 12.0. The second-order valence-corrected chi connectivity index (χ2v) is 18.4. The molecule has 65 heavy (non-hydrogen) atoms. The van der Waals surface area contributed by atoms with Crippen molar-refractivity contribution in [1.82, 2.24) is 21.3 Å². The Hall–Kier alpha value is -2.32. The first-order valence-corrected chi connectivity index (χ1v) is 21.9. The minimum atomic E-state index is 0. The highest BCUT2D eigenvalue weighted by Gasteiger charge is 2.48. The Balaban J connectivity index is 0.00000264. The zero-order valence-corrected chi connectivity index (χ0v) is 43.9. The first kappa shape index (κ1) is 60.7. The Morgan fingerprint density at radius 1 is 0.385 bits per heavy atom. The van der Waals surface area contributed by atoms with Gasteiger partial charge in [-0.15, -0.1) is 67.9 Å². The summed E-state index contributed by atoms with van der Waals surface area (Å²) < 4.78 is 0. The van der Waals surface area contributed by atoms with E-state index in [-0.39, 0.29) is 125 Å². The summed E-state index contributed by atoms with van der Waals surface area (Å²) in [5.41, 5.74) is 10.9. The summed E-state index contributed by atoms with van der Waals surface area (Å²) in [6.45, 7) is 3.76. The number of fused-ring (bicyclic) bond motifs is 4. The molecule has 0 saturated heterocycles. The Kier molecular flexibility index (Phi) is 24.7. The second kappa shape index (κ2) is 26.4. The normalized spacial score (nSPS) is 24.5. The van der Waals surface area contributed by atoms with Crippen LogP contribution < -0.4 is 21.3 Å². The molecule has 4 unspecified atom stereocenters. The lowest BCUT2D eigenvalue weighted by Crippen LogP contribution is -2.34. The molecule has 16 N–H and O–H groups in total. The van der Waals surface area contributed by atoms with E-state index in [1.54, 1.807) is 0 Å². The highest BCUT2D eigenvalue weighted by atomic mass is 79.9. The van der Waals surface area contributed by atoms with Crippen LogP contribution in [-0.4, -0.2) is 68.5 Å². The lowest BCUT2D eigenvalue weighted by Gasteiger charge is -2.40. The maximum absolute atomic E-state index is 10.3. The van der Waals surface area contributed by atoms with Gasteiger partial charge in [0.05, 0.1) is 0 Å². The van der Waals surface area contributed by atoms with Crippen LogP contribution in [0.4, 0.5) is 0 Å². The molecule has 0 aromatic heterocycles. The van der Waals surface area contributed by atoms with Crippen LogP contribution >= 0.6 is 67.9 Å². The molecule has 1 fully saturated rings. The summed E-state index contributed by atoms with van der Waals surface area (Å²) in [7, 11) is 0. The van der Waals surface area contributed by atoms with Gasteiger partial charge in [-0.05, 0) is 226 Å². The van der Waals surface area contributed by atoms with E-state index in [9.17, 15) is 20.4 Å². The summed E-state index contributed by atoms with van der Waals surface area (Å²) >= 11 is 0. The van der Waals surface area contributed by atoms with Gasteiger partial charge in [0.1, 0.15) is 23.0 Å². The van der Waals surface area contributed by atoms with Gasteiger partial charge in [-0.3, -0.25) is 0 Å². The number of aromatic hydroxyl groups is 4. The third kappa shape index (κ3) is 13.7. The Morgan fingerprint density at radius 2 is 0.615 bits per heavy atom. The first-order chi connectivity index (χ1) is 27.7. The molecule has 366 valence electrons. The van der Waals surface area contributed by atoms with E-state index in [1.807, 2.05) is 48.5 Å². The van der Waals surface area contributed by atoms with E-state index in [2.05, 4.69) is 45.5 Å². The third-order valence-electron chi connectivity index (χ3n) is 14.9. The van der Waals surface area contributed by atoms with Gasteiger partial charge in [0, 0.05) is 24.2 Å². The van der Waals surface area contributed by atoms with E-state index in [0.717, 1.165) is 103 Å². The van der Waals surface area contributed by atoms with Crippen molar-refractivity contribution >= 4 is 67.9 Å². The summed E-state index contributed by atoms with van der Waals surface area (Å²) in [5, 5.41) is 56.7. The van der Waals surface area contributed by atoms with Crippen LogP contribution in [0.25, 0.3) is 0 Å². The fraction of sp³-hybridized carbons (Fsp3) is 0.510. The molecule has 4 atom stereocenters. The topological polar surface area (TPSA) is 255 Å². The molecule has 4 heterocycles.